The highest BCUT2D eigenvalue weighted by atomic mass is 16.5. The van der Waals surface area contributed by atoms with Crippen LogP contribution in [0.5, 0.6) is 0 Å². The number of piperidine rings is 1. The average molecular weight is 417 g/mol. The maximum atomic E-state index is 9.48. The van der Waals surface area contributed by atoms with Crippen LogP contribution in [0, 0.1) is 11.3 Å². The van der Waals surface area contributed by atoms with Gasteiger partial charge in [-0.05, 0) is 57.2 Å². The Hall–Kier alpha value is -1.63. The molecule has 30 heavy (non-hydrogen) atoms. The van der Waals surface area contributed by atoms with Gasteiger partial charge < -0.3 is 20.5 Å². The number of ether oxygens (including phenoxy) is 1. The van der Waals surface area contributed by atoms with Crippen LogP contribution in [0.1, 0.15) is 51.1 Å². The number of nitrogens with one attached hydrogen (secondary N) is 2. The smallest absolute Gasteiger partial charge is 0.191 e. The molecular formula is C24H40N4O2. The Morgan fingerprint density at radius 1 is 1.27 bits per heavy atom. The molecule has 0 saturated carbocycles. The molecule has 2 saturated heterocycles. The molecule has 6 nitrogen and oxygen atoms in total. The summed E-state index contributed by atoms with van der Waals surface area (Å²) in [6.07, 6.45) is 4.24. The molecule has 2 aliphatic heterocycles. The molecule has 6 heteroatoms. The molecule has 0 aromatic heterocycles. The molecule has 0 spiro atoms. The van der Waals surface area contributed by atoms with E-state index in [9.17, 15) is 5.11 Å². The summed E-state index contributed by atoms with van der Waals surface area (Å²) in [5.41, 5.74) is 1.33. The first-order valence-corrected chi connectivity index (χ1v) is 11.7. The molecular weight excluding hydrogens is 376 g/mol. The maximum absolute atomic E-state index is 9.48. The largest absolute Gasteiger partial charge is 0.396 e. The third-order valence-electron chi connectivity index (χ3n) is 6.65. The molecule has 0 amide bonds. The number of aliphatic hydroxyl groups is 1. The van der Waals surface area contributed by atoms with Gasteiger partial charge in [0, 0.05) is 31.7 Å². The highest BCUT2D eigenvalue weighted by Gasteiger charge is 2.34. The second-order valence-corrected chi connectivity index (χ2v) is 9.00. The molecule has 2 heterocycles. The van der Waals surface area contributed by atoms with Crippen LogP contribution in [0.4, 0.5) is 0 Å². The number of likely N-dealkylation sites (tertiary alicyclic amines) is 1. The van der Waals surface area contributed by atoms with Crippen molar-refractivity contribution in [1.82, 2.24) is 15.5 Å². The van der Waals surface area contributed by atoms with Crippen LogP contribution < -0.4 is 10.6 Å². The van der Waals surface area contributed by atoms with Gasteiger partial charge in [0.25, 0.3) is 0 Å². The number of nitrogens with zero attached hydrogens (tertiary/aromatic N) is 2. The topological polar surface area (TPSA) is 69.1 Å². The summed E-state index contributed by atoms with van der Waals surface area (Å²) in [6, 6.07) is 11.2. The molecule has 3 rings (SSSR count). The highest BCUT2D eigenvalue weighted by molar-refractivity contribution is 5.79. The Kier molecular flexibility index (Phi) is 8.97. The van der Waals surface area contributed by atoms with E-state index >= 15 is 0 Å². The Balaban J connectivity index is 1.67. The lowest BCUT2D eigenvalue weighted by molar-refractivity contribution is 0.131. The van der Waals surface area contributed by atoms with Crippen molar-refractivity contribution >= 4 is 5.96 Å². The van der Waals surface area contributed by atoms with Gasteiger partial charge in [-0.1, -0.05) is 37.3 Å². The van der Waals surface area contributed by atoms with Gasteiger partial charge in [0.05, 0.1) is 19.2 Å². The fraction of sp³-hybridized carbons (Fsp3) is 0.708. The van der Waals surface area contributed by atoms with Gasteiger partial charge in [-0.25, -0.2) is 0 Å². The summed E-state index contributed by atoms with van der Waals surface area (Å²) in [4.78, 5) is 7.51. The normalized spacial score (nSPS) is 24.7. The third-order valence-corrected chi connectivity index (χ3v) is 6.65. The van der Waals surface area contributed by atoms with Gasteiger partial charge in [-0.15, -0.1) is 0 Å². The van der Waals surface area contributed by atoms with Gasteiger partial charge in [0.15, 0.2) is 5.96 Å². The van der Waals surface area contributed by atoms with Crippen molar-refractivity contribution in [2.24, 2.45) is 16.3 Å². The lowest BCUT2D eigenvalue weighted by Gasteiger charge is -2.37. The van der Waals surface area contributed by atoms with Gasteiger partial charge in [0.2, 0.25) is 0 Å². The highest BCUT2D eigenvalue weighted by Crippen LogP contribution is 2.32. The van der Waals surface area contributed by atoms with Crippen molar-refractivity contribution in [3.63, 3.8) is 0 Å². The first-order chi connectivity index (χ1) is 14.7. The van der Waals surface area contributed by atoms with E-state index in [1.165, 1.54) is 18.4 Å². The minimum atomic E-state index is -0.0288. The van der Waals surface area contributed by atoms with Crippen molar-refractivity contribution < 1.29 is 9.84 Å². The predicted molar refractivity (Wildman–Crippen MR) is 123 cm³/mol. The van der Waals surface area contributed by atoms with Crippen molar-refractivity contribution in [3.05, 3.63) is 35.9 Å². The van der Waals surface area contributed by atoms with E-state index in [-0.39, 0.29) is 12.0 Å². The molecule has 0 radical (unpaired) electrons. The van der Waals surface area contributed by atoms with E-state index in [0.29, 0.717) is 19.2 Å². The standard InChI is InChI=1S/C24H40N4O2/c1-3-25-23(27-18-24(11-15-29)12-16-30-19-24)26-17-22(21-7-5-4-6-8-21)28-13-9-20(2)10-14-28/h4-8,20,22,29H,3,9-19H2,1-2H3,(H2,25,26,27). The van der Waals surface area contributed by atoms with Crippen LogP contribution in [0.3, 0.4) is 0 Å². The number of hydrogen-bond acceptors (Lipinski definition) is 4. The SMILES string of the molecule is CCNC(=NCC1(CCO)CCOC1)NCC(c1ccccc1)N1CCC(C)CC1. The second-order valence-electron chi connectivity index (χ2n) is 9.00. The number of aliphatic imine (C=N–C) groups is 1. The van der Waals surface area contributed by atoms with E-state index in [0.717, 1.165) is 57.5 Å². The van der Waals surface area contributed by atoms with Crippen LogP contribution >= 0.6 is 0 Å². The molecule has 3 N–H and O–H groups in total. The summed E-state index contributed by atoms with van der Waals surface area (Å²) in [5, 5.41) is 16.5. The Bertz CT molecular complexity index is 638. The van der Waals surface area contributed by atoms with Gasteiger partial charge in [-0.2, -0.15) is 0 Å². The van der Waals surface area contributed by atoms with E-state index in [4.69, 9.17) is 9.73 Å². The molecule has 168 valence electrons. The van der Waals surface area contributed by atoms with Crippen LogP contribution in [-0.4, -0.2) is 68.5 Å². The second kappa shape index (κ2) is 11.7. The Morgan fingerprint density at radius 3 is 2.67 bits per heavy atom. The predicted octanol–water partition coefficient (Wildman–Crippen LogP) is 2.80. The Morgan fingerprint density at radius 2 is 2.03 bits per heavy atom. The average Bonchev–Trinajstić information content (AvgIpc) is 3.23. The number of guanidine groups is 1. The first kappa shape index (κ1) is 23.0. The fourth-order valence-electron chi connectivity index (χ4n) is 4.54. The van der Waals surface area contributed by atoms with Crippen molar-refractivity contribution in [2.75, 3.05) is 52.5 Å². The zero-order valence-corrected chi connectivity index (χ0v) is 18.8. The quantitative estimate of drug-likeness (QED) is 0.427. The van der Waals surface area contributed by atoms with Gasteiger partial charge in [0.1, 0.15) is 0 Å². The van der Waals surface area contributed by atoms with Crippen LogP contribution in [0.15, 0.2) is 35.3 Å². The van der Waals surface area contributed by atoms with Crippen molar-refractivity contribution in [2.45, 2.75) is 45.6 Å². The van der Waals surface area contributed by atoms with Gasteiger partial charge in [-0.3, -0.25) is 9.89 Å². The van der Waals surface area contributed by atoms with E-state index in [1.54, 1.807) is 0 Å². The van der Waals surface area contributed by atoms with Crippen molar-refractivity contribution in [1.29, 1.82) is 0 Å². The summed E-state index contributed by atoms with van der Waals surface area (Å²) in [5.74, 6) is 1.67. The van der Waals surface area contributed by atoms with E-state index < -0.39 is 0 Å². The molecule has 2 aliphatic rings. The van der Waals surface area contributed by atoms with Crippen LogP contribution in [-0.2, 0) is 4.74 Å². The first-order valence-electron chi connectivity index (χ1n) is 11.7. The number of rotatable bonds is 9. The van der Waals surface area contributed by atoms with E-state index in [1.807, 2.05) is 0 Å². The summed E-state index contributed by atoms with van der Waals surface area (Å²) in [6.45, 7) is 10.7. The number of aliphatic hydroxyl groups excluding tert-OH is 1. The Labute approximate surface area is 182 Å². The lowest BCUT2D eigenvalue weighted by atomic mass is 9.84. The molecule has 2 unspecified atom stereocenters. The summed E-state index contributed by atoms with van der Waals surface area (Å²) >= 11 is 0. The minimum absolute atomic E-state index is 0.0288. The van der Waals surface area contributed by atoms with Gasteiger partial charge >= 0.3 is 0 Å². The van der Waals surface area contributed by atoms with Crippen LogP contribution in [0.2, 0.25) is 0 Å². The number of hydrogen-bond donors (Lipinski definition) is 3. The summed E-state index contributed by atoms with van der Waals surface area (Å²) in [7, 11) is 0. The number of benzene rings is 1. The lowest BCUT2D eigenvalue weighted by Crippen LogP contribution is -2.45. The third kappa shape index (κ3) is 6.43. The molecule has 2 fully saturated rings. The minimum Gasteiger partial charge on any atom is -0.396 e. The molecule has 0 aliphatic carbocycles. The van der Waals surface area contributed by atoms with Crippen LogP contribution in [0.25, 0.3) is 0 Å². The molecule has 1 aromatic rings. The van der Waals surface area contributed by atoms with Crippen molar-refractivity contribution in [3.8, 4) is 0 Å². The molecule has 0 bridgehead atoms. The fourth-order valence-corrected chi connectivity index (χ4v) is 4.54. The zero-order chi connectivity index (χ0) is 21.2. The molecule has 1 aromatic carbocycles. The van der Waals surface area contributed by atoms with E-state index in [2.05, 4.69) is 59.7 Å². The maximum Gasteiger partial charge on any atom is 0.191 e. The monoisotopic (exact) mass is 416 g/mol. The molecule has 2 atom stereocenters. The zero-order valence-electron chi connectivity index (χ0n) is 18.8. The summed E-state index contributed by atoms with van der Waals surface area (Å²) < 4.78 is 5.62.